The van der Waals surface area contributed by atoms with Crippen LogP contribution >= 0.6 is 0 Å². The highest BCUT2D eigenvalue weighted by Crippen LogP contribution is 2.16. The summed E-state index contributed by atoms with van der Waals surface area (Å²) in [4.78, 5) is 0. The maximum Gasteiger partial charge on any atom is 0.0786 e. The molecule has 146 valence electrons. The Bertz CT molecular complexity index is 352. The van der Waals surface area contributed by atoms with Crippen molar-refractivity contribution in [2.45, 2.75) is 92.9 Å². The van der Waals surface area contributed by atoms with Gasteiger partial charge < -0.3 is 4.48 Å². The van der Waals surface area contributed by atoms with Gasteiger partial charge in [0.15, 0.2) is 0 Å². The molecule has 0 unspecified atom stereocenters. The van der Waals surface area contributed by atoms with E-state index < -0.39 is 0 Å². The second-order valence-electron chi connectivity index (χ2n) is 7.73. The van der Waals surface area contributed by atoms with E-state index in [0.29, 0.717) is 0 Å². The zero-order valence-electron chi connectivity index (χ0n) is 18.2. The lowest BCUT2D eigenvalue weighted by molar-refractivity contribution is -0.929. The Labute approximate surface area is 159 Å². The van der Waals surface area contributed by atoms with E-state index in [-0.39, 0.29) is 0 Å². The fraction of sp³-hybridized carbons (Fsp3) is 0.750. The van der Waals surface area contributed by atoms with Crippen LogP contribution in [0.15, 0.2) is 24.3 Å². The summed E-state index contributed by atoms with van der Waals surface area (Å²) in [7, 11) is 0. The fourth-order valence-electron chi connectivity index (χ4n) is 3.31. The van der Waals surface area contributed by atoms with E-state index in [1.54, 1.807) is 0 Å². The summed E-state index contributed by atoms with van der Waals surface area (Å²) in [6, 6.07) is 8.36. The maximum absolute atomic E-state index is 2.33. The number of rotatable bonds is 12. The molecule has 0 radical (unpaired) electrons. The van der Waals surface area contributed by atoms with Crippen molar-refractivity contribution in [3.63, 3.8) is 0 Å². The Hall–Kier alpha value is -0.820. The molecule has 0 N–H and O–H groups in total. The highest BCUT2D eigenvalue weighted by atomic mass is 15.3. The van der Waals surface area contributed by atoms with E-state index >= 15 is 0 Å². The first kappa shape index (κ1) is 24.2. The lowest BCUT2D eigenvalue weighted by Crippen LogP contribution is -2.50. The third-order valence-corrected chi connectivity index (χ3v) is 5.37. The molecule has 0 saturated heterocycles. The fourth-order valence-corrected chi connectivity index (χ4v) is 3.31. The standard InChI is InChI=1S/C16H36N.C8H10/c1-5-9-13-17(14-10-6-2,15-11-7-3)16-12-8-4;1-7-5-3-4-6-8(7)2/h5-16H2,1-4H3;3-6H,1-2H3/q+1;. The smallest absolute Gasteiger partial charge is 0.0786 e. The SMILES string of the molecule is CCCC[N+](CCCC)(CCCC)CCCC.Cc1ccccc1C. The van der Waals surface area contributed by atoms with Crippen LogP contribution in [0.4, 0.5) is 0 Å². The van der Waals surface area contributed by atoms with Gasteiger partial charge in [-0.05, 0) is 50.7 Å². The Kier molecular flexibility index (Phi) is 14.9. The van der Waals surface area contributed by atoms with Gasteiger partial charge in [-0.1, -0.05) is 77.6 Å². The van der Waals surface area contributed by atoms with Gasteiger partial charge in [0.2, 0.25) is 0 Å². The molecule has 25 heavy (non-hydrogen) atoms. The summed E-state index contributed by atoms with van der Waals surface area (Å²) in [5.74, 6) is 0. The predicted octanol–water partition coefficient (Wildman–Crippen LogP) is 7.31. The normalized spacial score (nSPS) is 11.1. The van der Waals surface area contributed by atoms with Crippen LogP contribution in [-0.4, -0.2) is 30.7 Å². The molecule has 1 nitrogen and oxygen atoms in total. The summed E-state index contributed by atoms with van der Waals surface area (Å²) in [5.41, 5.74) is 2.74. The minimum Gasteiger partial charge on any atom is -0.324 e. The van der Waals surface area contributed by atoms with Crippen molar-refractivity contribution >= 4 is 0 Å². The van der Waals surface area contributed by atoms with Crippen molar-refractivity contribution in [1.29, 1.82) is 0 Å². The first-order valence-corrected chi connectivity index (χ1v) is 10.9. The molecular weight excluding hydrogens is 302 g/mol. The van der Waals surface area contributed by atoms with Gasteiger partial charge >= 0.3 is 0 Å². The average molecular weight is 349 g/mol. The molecule has 1 rings (SSSR count). The largest absolute Gasteiger partial charge is 0.324 e. The van der Waals surface area contributed by atoms with E-state index in [9.17, 15) is 0 Å². The van der Waals surface area contributed by atoms with Crippen molar-refractivity contribution in [3.8, 4) is 0 Å². The Balaban J connectivity index is 0.000000593. The highest BCUT2D eigenvalue weighted by Gasteiger charge is 2.24. The number of aryl methyl sites for hydroxylation is 2. The lowest BCUT2D eigenvalue weighted by atomic mass is 10.1. The summed E-state index contributed by atoms with van der Waals surface area (Å²) in [6.07, 6.45) is 11.1. The van der Waals surface area contributed by atoms with Crippen LogP contribution in [0.5, 0.6) is 0 Å². The number of hydrogen-bond acceptors (Lipinski definition) is 0. The minimum absolute atomic E-state index is 1.35. The number of nitrogens with zero attached hydrogens (tertiary/aromatic N) is 1. The molecule has 0 aliphatic rings. The molecule has 0 fully saturated rings. The van der Waals surface area contributed by atoms with Crippen LogP contribution in [0.25, 0.3) is 0 Å². The quantitative estimate of drug-likeness (QED) is 0.347. The summed E-state index contributed by atoms with van der Waals surface area (Å²) in [6.45, 7) is 19.3. The summed E-state index contributed by atoms with van der Waals surface area (Å²) in [5, 5.41) is 0. The molecular formula is C24H46N+. The number of quaternary nitrogens is 1. The van der Waals surface area contributed by atoms with E-state index in [1.165, 1.54) is 93.2 Å². The monoisotopic (exact) mass is 348 g/mol. The van der Waals surface area contributed by atoms with Crippen LogP contribution < -0.4 is 0 Å². The third kappa shape index (κ3) is 11.4. The second kappa shape index (κ2) is 15.4. The van der Waals surface area contributed by atoms with Crippen LogP contribution in [0, 0.1) is 13.8 Å². The molecule has 1 aromatic rings. The topological polar surface area (TPSA) is 0 Å². The molecule has 0 atom stereocenters. The minimum atomic E-state index is 1.35. The van der Waals surface area contributed by atoms with Crippen molar-refractivity contribution < 1.29 is 4.48 Å². The van der Waals surface area contributed by atoms with Gasteiger partial charge in [-0.15, -0.1) is 0 Å². The van der Waals surface area contributed by atoms with Crippen LogP contribution in [-0.2, 0) is 0 Å². The predicted molar refractivity (Wildman–Crippen MR) is 115 cm³/mol. The van der Waals surface area contributed by atoms with E-state index in [2.05, 4.69) is 65.8 Å². The molecule has 1 aromatic carbocycles. The van der Waals surface area contributed by atoms with Crippen molar-refractivity contribution in [2.24, 2.45) is 0 Å². The second-order valence-corrected chi connectivity index (χ2v) is 7.73. The maximum atomic E-state index is 2.33. The Morgan fingerprint density at radius 1 is 0.560 bits per heavy atom. The van der Waals surface area contributed by atoms with E-state index in [0.717, 1.165) is 0 Å². The molecule has 0 aliphatic heterocycles. The van der Waals surface area contributed by atoms with E-state index in [4.69, 9.17) is 0 Å². The first-order valence-electron chi connectivity index (χ1n) is 10.9. The number of hydrogen-bond donors (Lipinski definition) is 0. The number of unbranched alkanes of at least 4 members (excludes halogenated alkanes) is 4. The van der Waals surface area contributed by atoms with Crippen LogP contribution in [0.3, 0.4) is 0 Å². The number of benzene rings is 1. The summed E-state index contributed by atoms with van der Waals surface area (Å²) < 4.78 is 1.42. The molecule has 1 heteroatoms. The Morgan fingerprint density at radius 3 is 1.04 bits per heavy atom. The molecule has 0 saturated carbocycles. The molecule has 0 heterocycles. The zero-order valence-corrected chi connectivity index (χ0v) is 18.2. The van der Waals surface area contributed by atoms with Gasteiger partial charge in [-0.25, -0.2) is 0 Å². The van der Waals surface area contributed by atoms with Gasteiger partial charge in [0.05, 0.1) is 26.2 Å². The van der Waals surface area contributed by atoms with Gasteiger partial charge in [0.25, 0.3) is 0 Å². The van der Waals surface area contributed by atoms with Gasteiger partial charge in [0, 0.05) is 0 Å². The van der Waals surface area contributed by atoms with Crippen molar-refractivity contribution in [3.05, 3.63) is 35.4 Å². The van der Waals surface area contributed by atoms with Gasteiger partial charge in [-0.3, -0.25) is 0 Å². The van der Waals surface area contributed by atoms with Crippen LogP contribution in [0.1, 0.15) is 90.2 Å². The lowest BCUT2D eigenvalue weighted by Gasteiger charge is -2.39. The molecule has 0 aromatic heterocycles. The highest BCUT2D eigenvalue weighted by molar-refractivity contribution is 5.23. The molecule has 0 aliphatic carbocycles. The zero-order chi connectivity index (χ0) is 19.0. The summed E-state index contributed by atoms with van der Waals surface area (Å²) >= 11 is 0. The molecule has 0 amide bonds. The third-order valence-electron chi connectivity index (χ3n) is 5.37. The van der Waals surface area contributed by atoms with Crippen molar-refractivity contribution in [1.82, 2.24) is 0 Å². The molecule has 0 bridgehead atoms. The van der Waals surface area contributed by atoms with Gasteiger partial charge in [0.1, 0.15) is 0 Å². The average Bonchev–Trinajstić information content (AvgIpc) is 2.63. The van der Waals surface area contributed by atoms with Gasteiger partial charge in [-0.2, -0.15) is 0 Å². The van der Waals surface area contributed by atoms with Crippen molar-refractivity contribution in [2.75, 3.05) is 26.2 Å². The van der Waals surface area contributed by atoms with Crippen LogP contribution in [0.2, 0.25) is 0 Å². The van der Waals surface area contributed by atoms with E-state index in [1.807, 2.05) is 0 Å². The first-order chi connectivity index (χ1) is 12.0. The Morgan fingerprint density at radius 2 is 0.840 bits per heavy atom. The molecule has 0 spiro atoms.